The summed E-state index contributed by atoms with van der Waals surface area (Å²) in [6.07, 6.45) is 0.994. The smallest absolute Gasteiger partial charge is 0.130 e. The van der Waals surface area contributed by atoms with E-state index in [9.17, 15) is 0 Å². The van der Waals surface area contributed by atoms with Gasteiger partial charge in [0.25, 0.3) is 0 Å². The molecule has 1 unspecified atom stereocenters. The predicted octanol–water partition coefficient (Wildman–Crippen LogP) is 3.39. The highest BCUT2D eigenvalue weighted by Crippen LogP contribution is 2.25. The zero-order chi connectivity index (χ0) is 12.1. The van der Waals surface area contributed by atoms with Crippen LogP contribution >= 0.6 is 11.3 Å². The van der Waals surface area contributed by atoms with Crippen molar-refractivity contribution in [2.75, 3.05) is 6.54 Å². The van der Waals surface area contributed by atoms with Crippen LogP contribution in [0.5, 0.6) is 5.75 Å². The highest BCUT2D eigenvalue weighted by molar-refractivity contribution is 7.10. The van der Waals surface area contributed by atoms with Crippen molar-refractivity contribution in [1.82, 2.24) is 0 Å². The first-order valence-corrected chi connectivity index (χ1v) is 6.66. The third-order valence-electron chi connectivity index (χ3n) is 2.59. The van der Waals surface area contributed by atoms with Crippen LogP contribution in [0.2, 0.25) is 0 Å². The van der Waals surface area contributed by atoms with Crippen LogP contribution in [0.25, 0.3) is 0 Å². The van der Waals surface area contributed by atoms with Crippen LogP contribution in [0.1, 0.15) is 23.5 Å². The van der Waals surface area contributed by atoms with Gasteiger partial charge < -0.3 is 10.5 Å². The molecule has 0 saturated carbocycles. The van der Waals surface area contributed by atoms with Crippen LogP contribution in [0, 0.1) is 0 Å². The van der Waals surface area contributed by atoms with Crippen LogP contribution in [-0.2, 0) is 6.42 Å². The van der Waals surface area contributed by atoms with Gasteiger partial charge >= 0.3 is 0 Å². The van der Waals surface area contributed by atoms with Crippen molar-refractivity contribution in [2.24, 2.45) is 5.73 Å². The Morgan fingerprint density at radius 3 is 2.88 bits per heavy atom. The van der Waals surface area contributed by atoms with Gasteiger partial charge in [0.2, 0.25) is 0 Å². The zero-order valence-electron chi connectivity index (χ0n) is 9.93. The largest absolute Gasteiger partial charge is 0.485 e. The molecule has 2 aromatic rings. The molecule has 0 amide bonds. The summed E-state index contributed by atoms with van der Waals surface area (Å²) in [6, 6.07) is 12.3. The molecule has 90 valence electrons. The van der Waals surface area contributed by atoms with E-state index in [1.54, 1.807) is 11.3 Å². The fourth-order valence-corrected chi connectivity index (χ4v) is 2.44. The molecule has 0 aliphatic heterocycles. The van der Waals surface area contributed by atoms with E-state index in [1.807, 2.05) is 18.2 Å². The van der Waals surface area contributed by atoms with Gasteiger partial charge in [-0.15, -0.1) is 11.3 Å². The molecule has 1 aromatic heterocycles. The van der Waals surface area contributed by atoms with Crippen molar-refractivity contribution in [3.05, 3.63) is 52.2 Å². The lowest BCUT2D eigenvalue weighted by atomic mass is 10.1. The second kappa shape index (κ2) is 5.84. The topological polar surface area (TPSA) is 35.2 Å². The summed E-state index contributed by atoms with van der Waals surface area (Å²) in [7, 11) is 0. The van der Waals surface area contributed by atoms with Gasteiger partial charge in [0.15, 0.2) is 0 Å². The summed E-state index contributed by atoms with van der Waals surface area (Å²) >= 11 is 1.72. The van der Waals surface area contributed by atoms with Crippen molar-refractivity contribution in [2.45, 2.75) is 19.4 Å². The van der Waals surface area contributed by atoms with E-state index in [0.717, 1.165) is 12.2 Å². The normalized spacial score (nSPS) is 12.4. The van der Waals surface area contributed by atoms with Gasteiger partial charge in [-0.05, 0) is 49.0 Å². The average Bonchev–Trinajstić information content (AvgIpc) is 2.83. The Bertz CT molecular complexity index is 453. The molecule has 17 heavy (non-hydrogen) atoms. The molecule has 1 aromatic carbocycles. The van der Waals surface area contributed by atoms with E-state index in [2.05, 4.69) is 30.5 Å². The molecule has 0 fully saturated rings. The van der Waals surface area contributed by atoms with Crippen LogP contribution < -0.4 is 10.5 Å². The lowest BCUT2D eigenvalue weighted by Gasteiger charge is -2.13. The summed E-state index contributed by atoms with van der Waals surface area (Å²) in [4.78, 5) is 1.24. The molecule has 2 N–H and O–H groups in total. The number of nitrogens with two attached hydrogens (primary N) is 1. The maximum atomic E-state index is 5.92. The van der Waals surface area contributed by atoms with Gasteiger partial charge in [0.1, 0.15) is 11.9 Å². The maximum Gasteiger partial charge on any atom is 0.130 e. The van der Waals surface area contributed by atoms with Crippen molar-refractivity contribution < 1.29 is 4.74 Å². The summed E-state index contributed by atoms with van der Waals surface area (Å²) in [5.41, 5.74) is 6.78. The minimum atomic E-state index is 0.100. The molecule has 2 nitrogen and oxygen atoms in total. The molecule has 1 atom stereocenters. The van der Waals surface area contributed by atoms with Gasteiger partial charge in [-0.25, -0.2) is 0 Å². The molecule has 1 heterocycles. The van der Waals surface area contributed by atoms with Gasteiger partial charge in [-0.2, -0.15) is 0 Å². The molecule has 0 aliphatic carbocycles. The third kappa shape index (κ3) is 3.32. The highest BCUT2D eigenvalue weighted by Gasteiger charge is 2.08. The Kier molecular flexibility index (Phi) is 4.18. The number of benzene rings is 1. The van der Waals surface area contributed by atoms with Crippen molar-refractivity contribution in [1.29, 1.82) is 0 Å². The van der Waals surface area contributed by atoms with Crippen LogP contribution in [0.15, 0.2) is 41.8 Å². The van der Waals surface area contributed by atoms with Crippen LogP contribution in [-0.4, -0.2) is 6.54 Å². The summed E-state index contributed by atoms with van der Waals surface area (Å²) in [5, 5.41) is 2.07. The first-order chi connectivity index (χ1) is 8.29. The minimum absolute atomic E-state index is 0.100. The minimum Gasteiger partial charge on any atom is -0.485 e. The SMILES string of the molecule is CC(Oc1cccc(CCN)c1)c1cccs1. The fourth-order valence-electron chi connectivity index (χ4n) is 1.73. The monoisotopic (exact) mass is 247 g/mol. The highest BCUT2D eigenvalue weighted by atomic mass is 32.1. The number of rotatable bonds is 5. The molecule has 0 aliphatic rings. The lowest BCUT2D eigenvalue weighted by molar-refractivity contribution is 0.230. The molecule has 0 spiro atoms. The first kappa shape index (κ1) is 12.1. The lowest BCUT2D eigenvalue weighted by Crippen LogP contribution is -2.04. The number of thiophene rings is 1. The maximum absolute atomic E-state index is 5.92. The van der Waals surface area contributed by atoms with Gasteiger partial charge in [-0.3, -0.25) is 0 Å². The Labute approximate surface area is 106 Å². The molecule has 2 rings (SSSR count). The van der Waals surface area contributed by atoms with Gasteiger partial charge in [-0.1, -0.05) is 18.2 Å². The van der Waals surface area contributed by atoms with E-state index in [1.165, 1.54) is 10.4 Å². The molecule has 0 saturated heterocycles. The average molecular weight is 247 g/mol. The van der Waals surface area contributed by atoms with E-state index < -0.39 is 0 Å². The van der Waals surface area contributed by atoms with E-state index >= 15 is 0 Å². The second-order valence-electron chi connectivity index (χ2n) is 3.96. The molecule has 0 radical (unpaired) electrons. The van der Waals surface area contributed by atoms with Crippen molar-refractivity contribution in [3.8, 4) is 5.75 Å². The van der Waals surface area contributed by atoms with E-state index in [-0.39, 0.29) is 6.10 Å². The Morgan fingerprint density at radius 1 is 1.29 bits per heavy atom. The molecule has 3 heteroatoms. The Morgan fingerprint density at radius 2 is 2.18 bits per heavy atom. The standard InChI is InChI=1S/C14H17NOS/c1-11(14-6-3-9-17-14)16-13-5-2-4-12(10-13)7-8-15/h2-6,9-11H,7-8,15H2,1H3. The van der Waals surface area contributed by atoms with Crippen molar-refractivity contribution in [3.63, 3.8) is 0 Å². The summed E-state index contributed by atoms with van der Waals surface area (Å²) in [5.74, 6) is 0.914. The van der Waals surface area contributed by atoms with Crippen LogP contribution in [0.3, 0.4) is 0 Å². The van der Waals surface area contributed by atoms with Gasteiger partial charge in [0.05, 0.1) is 0 Å². The molecular formula is C14H17NOS. The zero-order valence-corrected chi connectivity index (χ0v) is 10.7. The molecular weight excluding hydrogens is 230 g/mol. The van der Waals surface area contributed by atoms with Gasteiger partial charge in [0, 0.05) is 4.88 Å². The Hall–Kier alpha value is -1.32. The van der Waals surface area contributed by atoms with Crippen LogP contribution in [0.4, 0.5) is 0 Å². The third-order valence-corrected chi connectivity index (χ3v) is 3.62. The summed E-state index contributed by atoms with van der Waals surface area (Å²) in [6.45, 7) is 2.74. The Balaban J connectivity index is 2.05. The van der Waals surface area contributed by atoms with E-state index in [4.69, 9.17) is 10.5 Å². The second-order valence-corrected chi connectivity index (χ2v) is 4.94. The number of hydrogen-bond acceptors (Lipinski definition) is 3. The summed E-state index contributed by atoms with van der Waals surface area (Å²) < 4.78 is 5.92. The first-order valence-electron chi connectivity index (χ1n) is 5.78. The van der Waals surface area contributed by atoms with Crippen molar-refractivity contribution >= 4 is 11.3 Å². The predicted molar refractivity (Wildman–Crippen MR) is 72.6 cm³/mol. The number of ether oxygens (including phenoxy) is 1. The molecule has 0 bridgehead atoms. The quantitative estimate of drug-likeness (QED) is 0.879. The fraction of sp³-hybridized carbons (Fsp3) is 0.286. The number of hydrogen-bond donors (Lipinski definition) is 1. The van der Waals surface area contributed by atoms with E-state index in [0.29, 0.717) is 6.54 Å².